The summed E-state index contributed by atoms with van der Waals surface area (Å²) < 4.78 is 54.3. The fourth-order valence-corrected chi connectivity index (χ4v) is 4.31. The minimum Gasteiger partial charge on any atom is -0.352 e. The van der Waals surface area contributed by atoms with Crippen LogP contribution in [0.4, 0.5) is 28.9 Å². The second-order valence-electron chi connectivity index (χ2n) is 9.65. The normalized spacial score (nSPS) is 11.5. The van der Waals surface area contributed by atoms with Gasteiger partial charge in [-0.3, -0.25) is 14.4 Å². The van der Waals surface area contributed by atoms with E-state index in [9.17, 15) is 31.9 Å². The molecule has 41 heavy (non-hydrogen) atoms. The molecule has 12 heteroatoms. The standard InChI is InChI=1S/C29H25ClF4N4O3/c1-15(2)26(39)35-14-16-4-7-22(30)20(10-16)27(40)36-18-6-9-24-17(11-18)12-25(38(24)3)28(41)37-19-5-8-23(31)21(13-19)29(32,33)34/h4-13,15H,14H2,1-3H3,(H,35,39)(H,36,40)(H,37,41). The maximum atomic E-state index is 13.6. The summed E-state index contributed by atoms with van der Waals surface area (Å²) in [5.74, 6) is -2.95. The van der Waals surface area contributed by atoms with Crippen molar-refractivity contribution in [3.05, 3.63) is 93.9 Å². The van der Waals surface area contributed by atoms with Crippen LogP contribution >= 0.6 is 11.6 Å². The molecule has 0 unspecified atom stereocenters. The van der Waals surface area contributed by atoms with Crippen molar-refractivity contribution in [2.75, 3.05) is 10.6 Å². The van der Waals surface area contributed by atoms with E-state index >= 15 is 0 Å². The number of nitrogens with one attached hydrogen (secondary N) is 3. The van der Waals surface area contributed by atoms with Crippen molar-refractivity contribution < 1.29 is 31.9 Å². The average molecular weight is 589 g/mol. The molecule has 7 nitrogen and oxygen atoms in total. The average Bonchev–Trinajstić information content (AvgIpc) is 3.23. The monoisotopic (exact) mass is 588 g/mol. The second-order valence-corrected chi connectivity index (χ2v) is 10.1. The van der Waals surface area contributed by atoms with Gasteiger partial charge in [-0.2, -0.15) is 13.2 Å². The van der Waals surface area contributed by atoms with E-state index in [-0.39, 0.29) is 40.3 Å². The molecule has 0 saturated carbocycles. The summed E-state index contributed by atoms with van der Waals surface area (Å²) in [7, 11) is 1.60. The molecule has 0 atom stereocenters. The SMILES string of the molecule is CC(C)C(=O)NCc1ccc(Cl)c(C(=O)Nc2ccc3c(c2)cc(C(=O)Nc2ccc(F)c(C(F)(F)F)c2)n3C)c1. The number of halogens is 5. The number of rotatable bonds is 7. The van der Waals surface area contributed by atoms with Gasteiger partial charge in [-0.25, -0.2) is 4.39 Å². The molecule has 0 saturated heterocycles. The number of nitrogens with zero attached hydrogens (tertiary/aromatic N) is 1. The number of carbonyl (C=O) groups excluding carboxylic acids is 3. The molecule has 3 aromatic carbocycles. The van der Waals surface area contributed by atoms with Crippen molar-refractivity contribution in [1.29, 1.82) is 0 Å². The number of aryl methyl sites for hydroxylation is 1. The van der Waals surface area contributed by atoms with Crippen molar-refractivity contribution in [2.24, 2.45) is 13.0 Å². The van der Waals surface area contributed by atoms with Crippen LogP contribution in [0.1, 0.15) is 45.8 Å². The van der Waals surface area contributed by atoms with Crippen LogP contribution in [0.3, 0.4) is 0 Å². The number of fused-ring (bicyclic) bond motifs is 1. The van der Waals surface area contributed by atoms with Gasteiger partial charge in [0.15, 0.2) is 0 Å². The highest BCUT2D eigenvalue weighted by Gasteiger charge is 2.34. The highest BCUT2D eigenvalue weighted by Crippen LogP contribution is 2.33. The zero-order chi connectivity index (χ0) is 30.1. The Balaban J connectivity index is 1.52. The predicted octanol–water partition coefficient (Wildman–Crippen LogP) is 6.77. The van der Waals surface area contributed by atoms with Gasteiger partial charge in [-0.05, 0) is 60.2 Å². The first kappa shape index (κ1) is 29.6. The van der Waals surface area contributed by atoms with Crippen LogP contribution in [0, 0.1) is 11.7 Å². The first-order chi connectivity index (χ1) is 19.2. The predicted molar refractivity (Wildman–Crippen MR) is 148 cm³/mol. The van der Waals surface area contributed by atoms with E-state index in [4.69, 9.17) is 11.6 Å². The lowest BCUT2D eigenvalue weighted by molar-refractivity contribution is -0.140. The van der Waals surface area contributed by atoms with Gasteiger partial charge in [0.05, 0.1) is 16.1 Å². The fourth-order valence-electron chi connectivity index (χ4n) is 4.11. The van der Waals surface area contributed by atoms with E-state index in [2.05, 4.69) is 16.0 Å². The number of benzene rings is 3. The van der Waals surface area contributed by atoms with Crippen LogP contribution in [-0.4, -0.2) is 22.3 Å². The van der Waals surface area contributed by atoms with Crippen molar-refractivity contribution in [3.8, 4) is 0 Å². The van der Waals surface area contributed by atoms with Gasteiger partial charge in [0.2, 0.25) is 5.91 Å². The van der Waals surface area contributed by atoms with Crippen LogP contribution < -0.4 is 16.0 Å². The number of amides is 3. The summed E-state index contributed by atoms with van der Waals surface area (Å²) in [6, 6.07) is 13.5. The van der Waals surface area contributed by atoms with Gasteiger partial charge in [0.25, 0.3) is 11.8 Å². The molecular weight excluding hydrogens is 564 g/mol. The van der Waals surface area contributed by atoms with Crippen LogP contribution in [0.25, 0.3) is 10.9 Å². The van der Waals surface area contributed by atoms with E-state index in [0.29, 0.717) is 34.3 Å². The first-order valence-corrected chi connectivity index (χ1v) is 12.8. The zero-order valence-corrected chi connectivity index (χ0v) is 22.9. The van der Waals surface area contributed by atoms with Gasteiger partial charge in [0.1, 0.15) is 11.5 Å². The van der Waals surface area contributed by atoms with Crippen LogP contribution in [0.5, 0.6) is 0 Å². The minimum atomic E-state index is -4.92. The van der Waals surface area contributed by atoms with Gasteiger partial charge in [-0.1, -0.05) is 31.5 Å². The molecule has 0 aliphatic rings. The lowest BCUT2D eigenvalue weighted by atomic mass is 10.1. The number of hydrogen-bond acceptors (Lipinski definition) is 3. The maximum absolute atomic E-state index is 13.6. The van der Waals surface area contributed by atoms with Crippen molar-refractivity contribution in [1.82, 2.24) is 9.88 Å². The third-order valence-corrected chi connectivity index (χ3v) is 6.66. The molecule has 1 heterocycles. The number of carbonyl (C=O) groups is 3. The Hall–Kier alpha value is -4.38. The quantitative estimate of drug-likeness (QED) is 0.208. The third kappa shape index (κ3) is 6.68. The molecule has 3 N–H and O–H groups in total. The Morgan fingerprint density at radius 1 is 0.902 bits per heavy atom. The molecular formula is C29H25ClF4N4O3. The largest absolute Gasteiger partial charge is 0.419 e. The molecule has 3 amide bonds. The molecule has 4 rings (SSSR count). The number of aromatic nitrogens is 1. The Morgan fingerprint density at radius 3 is 2.24 bits per heavy atom. The zero-order valence-electron chi connectivity index (χ0n) is 22.1. The van der Waals surface area contributed by atoms with E-state index in [0.717, 1.165) is 6.07 Å². The molecule has 214 valence electrons. The molecule has 0 fully saturated rings. The van der Waals surface area contributed by atoms with E-state index in [1.54, 1.807) is 57.3 Å². The lowest BCUT2D eigenvalue weighted by Crippen LogP contribution is -2.27. The highest BCUT2D eigenvalue weighted by atomic mass is 35.5. The summed E-state index contributed by atoms with van der Waals surface area (Å²) in [6.07, 6.45) is -4.92. The fraction of sp³-hybridized carbons (Fsp3) is 0.207. The minimum absolute atomic E-state index is 0.126. The van der Waals surface area contributed by atoms with Crippen molar-refractivity contribution in [2.45, 2.75) is 26.6 Å². The third-order valence-electron chi connectivity index (χ3n) is 6.33. The van der Waals surface area contributed by atoms with Gasteiger partial charge in [-0.15, -0.1) is 0 Å². The lowest BCUT2D eigenvalue weighted by Gasteiger charge is -2.11. The number of alkyl halides is 3. The molecule has 0 aliphatic heterocycles. The second kappa shape index (κ2) is 11.6. The van der Waals surface area contributed by atoms with E-state index < -0.39 is 29.4 Å². The Kier molecular flexibility index (Phi) is 8.39. The summed E-state index contributed by atoms with van der Waals surface area (Å²) in [5, 5.41) is 8.70. The van der Waals surface area contributed by atoms with Gasteiger partial charge < -0.3 is 20.5 Å². The molecule has 0 radical (unpaired) electrons. The van der Waals surface area contributed by atoms with Gasteiger partial charge in [0, 0.05) is 41.8 Å². The topological polar surface area (TPSA) is 92.2 Å². The molecule has 0 aliphatic carbocycles. The van der Waals surface area contributed by atoms with Crippen molar-refractivity contribution >= 4 is 51.6 Å². The van der Waals surface area contributed by atoms with Crippen LogP contribution in [0.2, 0.25) is 5.02 Å². The molecule has 4 aromatic rings. The number of hydrogen-bond donors (Lipinski definition) is 3. The summed E-state index contributed by atoms with van der Waals surface area (Å²) in [4.78, 5) is 37.8. The first-order valence-electron chi connectivity index (χ1n) is 12.4. The van der Waals surface area contributed by atoms with Crippen molar-refractivity contribution in [3.63, 3.8) is 0 Å². The summed E-state index contributed by atoms with van der Waals surface area (Å²) in [5.41, 5.74) is 0.330. The number of anilines is 2. The highest BCUT2D eigenvalue weighted by molar-refractivity contribution is 6.34. The van der Waals surface area contributed by atoms with Crippen LogP contribution in [0.15, 0.2) is 60.7 Å². The van der Waals surface area contributed by atoms with Gasteiger partial charge >= 0.3 is 6.18 Å². The van der Waals surface area contributed by atoms with E-state index in [1.165, 1.54) is 10.6 Å². The molecule has 1 aromatic heterocycles. The smallest absolute Gasteiger partial charge is 0.352 e. The van der Waals surface area contributed by atoms with Crippen LogP contribution in [-0.2, 0) is 24.6 Å². The Morgan fingerprint density at radius 2 is 1.56 bits per heavy atom. The maximum Gasteiger partial charge on any atom is 0.419 e. The molecule has 0 spiro atoms. The summed E-state index contributed by atoms with van der Waals surface area (Å²) >= 11 is 6.26. The Labute approximate surface area is 237 Å². The summed E-state index contributed by atoms with van der Waals surface area (Å²) in [6.45, 7) is 3.77. The molecule has 0 bridgehead atoms. The Bertz CT molecular complexity index is 1660. The van der Waals surface area contributed by atoms with E-state index in [1.807, 2.05) is 0 Å².